The smallest absolute Gasteiger partial charge is 0.248 e. The number of fused-ring (bicyclic) bond motifs is 1. The molecule has 1 aliphatic rings. The predicted octanol–water partition coefficient (Wildman–Crippen LogP) is 3.75. The van der Waals surface area contributed by atoms with Gasteiger partial charge in [-0.15, -0.1) is 0 Å². The molecule has 1 saturated heterocycles. The van der Waals surface area contributed by atoms with E-state index in [1.807, 2.05) is 17.0 Å². The molecule has 1 aromatic carbocycles. The van der Waals surface area contributed by atoms with Crippen LogP contribution in [0.1, 0.15) is 41.7 Å². The van der Waals surface area contributed by atoms with Crippen LogP contribution in [0, 0.1) is 11.6 Å². The number of hydrogen-bond donors (Lipinski definition) is 2. The number of carbonyl (C=O) groups is 1. The highest BCUT2D eigenvalue weighted by molar-refractivity contribution is 5.94. The largest absolute Gasteiger partial charge is 0.366 e. The average Bonchev–Trinajstić information content (AvgIpc) is 3.22. The number of piperidine rings is 1. The van der Waals surface area contributed by atoms with Crippen molar-refractivity contribution in [3.63, 3.8) is 0 Å². The number of rotatable bonds is 6. The molecule has 0 atom stereocenters. The van der Waals surface area contributed by atoms with Gasteiger partial charge in [0, 0.05) is 43.3 Å². The van der Waals surface area contributed by atoms with Gasteiger partial charge in [0.2, 0.25) is 11.9 Å². The van der Waals surface area contributed by atoms with E-state index in [0.29, 0.717) is 11.6 Å². The van der Waals surface area contributed by atoms with Crippen LogP contribution in [0.2, 0.25) is 0 Å². The number of primary amides is 1. The summed E-state index contributed by atoms with van der Waals surface area (Å²) in [6.07, 6.45) is 8.84. The Hall–Kier alpha value is -4.15. The second-order valence-electron chi connectivity index (χ2n) is 8.45. The third-order valence-corrected chi connectivity index (χ3v) is 6.31. The first-order chi connectivity index (χ1) is 16.9. The molecule has 0 bridgehead atoms. The van der Waals surface area contributed by atoms with Crippen molar-refractivity contribution >= 4 is 34.4 Å². The summed E-state index contributed by atoms with van der Waals surface area (Å²) in [6, 6.07) is 3.81. The highest BCUT2D eigenvalue weighted by Gasteiger charge is 2.26. The Bertz CT molecular complexity index is 1380. The zero-order valence-electron chi connectivity index (χ0n) is 19.1. The van der Waals surface area contributed by atoms with Crippen LogP contribution in [-0.4, -0.2) is 43.5 Å². The highest BCUT2D eigenvalue weighted by Crippen LogP contribution is 2.33. The highest BCUT2D eigenvalue weighted by atomic mass is 19.1. The molecule has 0 saturated carbocycles. The van der Waals surface area contributed by atoms with E-state index in [1.54, 1.807) is 0 Å². The molecule has 4 aromatic rings. The molecule has 0 radical (unpaired) electrons. The van der Waals surface area contributed by atoms with Crippen molar-refractivity contribution in [1.82, 2.24) is 24.5 Å². The molecule has 0 unspecified atom stereocenters. The number of aromatic nitrogens is 5. The van der Waals surface area contributed by atoms with Gasteiger partial charge in [0.05, 0.1) is 11.1 Å². The first kappa shape index (κ1) is 22.6. The summed E-state index contributed by atoms with van der Waals surface area (Å²) in [4.78, 5) is 30.8. The topological polar surface area (TPSA) is 115 Å². The standard InChI is InChI=1S/C24H24F2N8O/c1-2-14-10-28-24(29-11-14)33-7-5-16(6-8-33)34-12-18(26)20-22(30-13-31-23(20)34)32-19-4-3-15(21(27)35)9-17(19)25/h3-4,9-13,16H,2,5-8H2,1H3,(H2,27,35)(H,30,31,32). The maximum atomic E-state index is 15.1. The van der Waals surface area contributed by atoms with Crippen molar-refractivity contribution in [2.45, 2.75) is 32.2 Å². The lowest BCUT2D eigenvalue weighted by molar-refractivity contribution is 0.1000. The van der Waals surface area contributed by atoms with Gasteiger partial charge < -0.3 is 20.5 Å². The number of nitrogens with zero attached hydrogens (tertiary/aromatic N) is 6. The quantitative estimate of drug-likeness (QED) is 0.434. The Kier molecular flexibility index (Phi) is 5.98. The van der Waals surface area contributed by atoms with Crippen LogP contribution in [0.3, 0.4) is 0 Å². The lowest BCUT2D eigenvalue weighted by Gasteiger charge is -2.32. The zero-order valence-corrected chi connectivity index (χ0v) is 19.1. The number of benzene rings is 1. The van der Waals surface area contributed by atoms with Gasteiger partial charge in [-0.25, -0.2) is 28.7 Å². The molecule has 180 valence electrons. The third kappa shape index (κ3) is 4.36. The normalized spacial score (nSPS) is 14.4. The Labute approximate surface area is 200 Å². The van der Waals surface area contributed by atoms with Crippen LogP contribution in [0.25, 0.3) is 11.0 Å². The fourth-order valence-electron chi connectivity index (χ4n) is 4.35. The zero-order chi connectivity index (χ0) is 24.5. The SMILES string of the molecule is CCc1cnc(N2CCC(n3cc(F)c4c(Nc5ccc(C(N)=O)cc5F)ncnc43)CC2)nc1. The van der Waals surface area contributed by atoms with E-state index in [9.17, 15) is 9.18 Å². The van der Waals surface area contributed by atoms with Crippen LogP contribution < -0.4 is 16.0 Å². The maximum absolute atomic E-state index is 15.1. The molecule has 3 N–H and O–H groups in total. The summed E-state index contributed by atoms with van der Waals surface area (Å²) in [5.74, 6) is -1.10. The number of nitrogens with one attached hydrogen (secondary N) is 1. The number of nitrogens with two attached hydrogens (primary N) is 1. The van der Waals surface area contributed by atoms with E-state index >= 15 is 4.39 Å². The minimum Gasteiger partial charge on any atom is -0.366 e. The van der Waals surface area contributed by atoms with Crippen molar-refractivity contribution in [2.75, 3.05) is 23.3 Å². The Morgan fingerprint density at radius 3 is 2.51 bits per heavy atom. The Morgan fingerprint density at radius 2 is 1.86 bits per heavy atom. The van der Waals surface area contributed by atoms with Crippen LogP contribution in [0.4, 0.5) is 26.2 Å². The summed E-state index contributed by atoms with van der Waals surface area (Å²) in [6.45, 7) is 3.51. The first-order valence-corrected chi connectivity index (χ1v) is 11.4. The van der Waals surface area contributed by atoms with Gasteiger partial charge in [-0.3, -0.25) is 4.79 Å². The lowest BCUT2D eigenvalue weighted by atomic mass is 10.1. The number of aryl methyl sites for hydroxylation is 1. The number of anilines is 3. The Balaban J connectivity index is 1.37. The Morgan fingerprint density at radius 1 is 1.11 bits per heavy atom. The number of hydrogen-bond acceptors (Lipinski definition) is 7. The molecule has 5 rings (SSSR count). The van der Waals surface area contributed by atoms with Crippen molar-refractivity contribution in [2.24, 2.45) is 5.73 Å². The lowest BCUT2D eigenvalue weighted by Crippen LogP contribution is -2.35. The van der Waals surface area contributed by atoms with Crippen molar-refractivity contribution < 1.29 is 13.6 Å². The molecule has 9 nitrogen and oxygen atoms in total. The summed E-state index contributed by atoms with van der Waals surface area (Å²) in [7, 11) is 0. The van der Waals surface area contributed by atoms with Gasteiger partial charge in [-0.2, -0.15) is 0 Å². The predicted molar refractivity (Wildman–Crippen MR) is 128 cm³/mol. The molecule has 11 heteroatoms. The minimum absolute atomic E-state index is 0.0301. The van der Waals surface area contributed by atoms with Crippen molar-refractivity contribution in [3.8, 4) is 0 Å². The molecule has 4 heterocycles. The summed E-state index contributed by atoms with van der Waals surface area (Å²) in [5.41, 5.74) is 6.80. The third-order valence-electron chi connectivity index (χ3n) is 6.31. The van der Waals surface area contributed by atoms with E-state index in [2.05, 4.69) is 37.1 Å². The fraction of sp³-hybridized carbons (Fsp3) is 0.292. The summed E-state index contributed by atoms with van der Waals surface area (Å²) < 4.78 is 31.4. The van der Waals surface area contributed by atoms with Crippen molar-refractivity contribution in [3.05, 3.63) is 65.9 Å². The van der Waals surface area contributed by atoms with Crippen LogP contribution in [0.5, 0.6) is 0 Å². The molecule has 1 amide bonds. The molecule has 1 fully saturated rings. The second-order valence-corrected chi connectivity index (χ2v) is 8.45. The molecule has 0 aliphatic carbocycles. The van der Waals surface area contributed by atoms with Crippen LogP contribution in [-0.2, 0) is 6.42 Å². The molecule has 3 aromatic heterocycles. The minimum atomic E-state index is -0.737. The van der Waals surface area contributed by atoms with E-state index in [1.165, 1.54) is 24.7 Å². The number of amides is 1. The molecular weight excluding hydrogens is 454 g/mol. The maximum Gasteiger partial charge on any atom is 0.248 e. The van der Waals surface area contributed by atoms with Gasteiger partial charge >= 0.3 is 0 Å². The molecule has 0 spiro atoms. The van der Waals surface area contributed by atoms with Gasteiger partial charge in [0.25, 0.3) is 0 Å². The second kappa shape index (κ2) is 9.24. The fourth-order valence-corrected chi connectivity index (χ4v) is 4.35. The molecule has 35 heavy (non-hydrogen) atoms. The van der Waals surface area contributed by atoms with E-state index in [4.69, 9.17) is 5.73 Å². The van der Waals surface area contributed by atoms with Crippen molar-refractivity contribution in [1.29, 1.82) is 0 Å². The number of carbonyl (C=O) groups excluding carboxylic acids is 1. The van der Waals surface area contributed by atoms with Gasteiger partial charge in [-0.1, -0.05) is 6.92 Å². The van der Waals surface area contributed by atoms with Gasteiger partial charge in [0.1, 0.15) is 23.6 Å². The molecule has 1 aliphatic heterocycles. The van der Waals surface area contributed by atoms with Gasteiger partial charge in [-0.05, 0) is 43.0 Å². The first-order valence-electron chi connectivity index (χ1n) is 11.4. The monoisotopic (exact) mass is 478 g/mol. The van der Waals surface area contributed by atoms with E-state index in [0.717, 1.165) is 44.0 Å². The van der Waals surface area contributed by atoms with Gasteiger partial charge in [0.15, 0.2) is 5.82 Å². The van der Waals surface area contributed by atoms with E-state index in [-0.39, 0.29) is 28.5 Å². The molecular formula is C24H24F2N8O. The van der Waals surface area contributed by atoms with E-state index < -0.39 is 17.5 Å². The summed E-state index contributed by atoms with van der Waals surface area (Å²) in [5, 5.41) is 2.99. The number of halogens is 2. The van der Waals surface area contributed by atoms with Crippen LogP contribution >= 0.6 is 0 Å². The summed E-state index contributed by atoms with van der Waals surface area (Å²) >= 11 is 0. The average molecular weight is 479 g/mol. The van der Waals surface area contributed by atoms with Crippen LogP contribution in [0.15, 0.2) is 43.1 Å².